The summed E-state index contributed by atoms with van der Waals surface area (Å²) in [7, 11) is 0. The molecule has 3 N–H and O–H groups in total. The zero-order chi connectivity index (χ0) is 14.7. The fraction of sp³-hybridized carbons (Fsp3) is 0.786. The molecule has 0 bridgehead atoms. The molecule has 2 amide bonds. The van der Waals surface area contributed by atoms with Gasteiger partial charge >= 0.3 is 5.97 Å². The molecule has 6 nitrogen and oxygen atoms in total. The van der Waals surface area contributed by atoms with E-state index >= 15 is 0 Å². The molecule has 0 radical (unpaired) electrons. The maximum Gasteiger partial charge on any atom is 0.307 e. The average Bonchev–Trinajstić information content (AvgIpc) is 3.16. The van der Waals surface area contributed by atoms with Crippen LogP contribution in [-0.4, -0.2) is 36.0 Å². The topological polar surface area (TPSA) is 95.5 Å². The molecule has 112 valence electrons. The first kappa shape index (κ1) is 14.8. The zero-order valence-corrected chi connectivity index (χ0v) is 11.7. The van der Waals surface area contributed by atoms with Crippen molar-refractivity contribution in [2.45, 2.75) is 32.6 Å². The standard InChI is InChI=1S/C14H22N2O4/c1-8-6-10(11(7-8)14(19)20)13(18)16-5-4-15-12(17)9-2-3-9/h8-11H,2-7H2,1H3,(H,15,17)(H,16,18)(H,19,20)/t8?,10-,11+/m0/s1. The number of carbonyl (C=O) groups is 3. The normalized spacial score (nSPS) is 28.9. The van der Waals surface area contributed by atoms with E-state index in [0.29, 0.717) is 25.9 Å². The number of carbonyl (C=O) groups excluding carboxylic acids is 2. The molecule has 0 aromatic rings. The summed E-state index contributed by atoms with van der Waals surface area (Å²) >= 11 is 0. The van der Waals surface area contributed by atoms with Crippen LogP contribution < -0.4 is 10.6 Å². The van der Waals surface area contributed by atoms with Gasteiger partial charge in [0.2, 0.25) is 11.8 Å². The van der Waals surface area contributed by atoms with Gasteiger partial charge in [-0.15, -0.1) is 0 Å². The smallest absolute Gasteiger partial charge is 0.307 e. The molecule has 2 aliphatic carbocycles. The average molecular weight is 282 g/mol. The fourth-order valence-corrected chi connectivity index (χ4v) is 2.85. The Balaban J connectivity index is 1.70. The number of carboxylic acids is 1. The lowest BCUT2D eigenvalue weighted by Gasteiger charge is -2.15. The van der Waals surface area contributed by atoms with Gasteiger partial charge in [0.25, 0.3) is 0 Å². The summed E-state index contributed by atoms with van der Waals surface area (Å²) in [4.78, 5) is 34.5. The predicted octanol–water partition coefficient (Wildman–Crippen LogP) is 0.376. The Kier molecular flexibility index (Phi) is 4.62. The van der Waals surface area contributed by atoms with E-state index in [2.05, 4.69) is 10.6 Å². The minimum atomic E-state index is -0.892. The second kappa shape index (κ2) is 6.24. The van der Waals surface area contributed by atoms with Crippen molar-refractivity contribution < 1.29 is 19.5 Å². The molecule has 20 heavy (non-hydrogen) atoms. The molecule has 0 aliphatic heterocycles. The van der Waals surface area contributed by atoms with Crippen molar-refractivity contribution >= 4 is 17.8 Å². The van der Waals surface area contributed by atoms with Crippen LogP contribution in [0.25, 0.3) is 0 Å². The Morgan fingerprint density at radius 3 is 2.10 bits per heavy atom. The number of hydrogen-bond acceptors (Lipinski definition) is 3. The molecule has 0 spiro atoms. The van der Waals surface area contributed by atoms with Crippen LogP contribution >= 0.6 is 0 Å². The third kappa shape index (κ3) is 3.71. The first-order chi connectivity index (χ1) is 9.49. The van der Waals surface area contributed by atoms with E-state index in [-0.39, 0.29) is 23.7 Å². The van der Waals surface area contributed by atoms with Crippen LogP contribution in [-0.2, 0) is 14.4 Å². The number of aliphatic carboxylic acids is 1. The third-order valence-electron chi connectivity index (χ3n) is 4.12. The van der Waals surface area contributed by atoms with Crippen LogP contribution in [0.4, 0.5) is 0 Å². The van der Waals surface area contributed by atoms with Gasteiger partial charge in [-0.25, -0.2) is 0 Å². The van der Waals surface area contributed by atoms with Crippen molar-refractivity contribution in [3.8, 4) is 0 Å². The van der Waals surface area contributed by atoms with Gasteiger partial charge in [0, 0.05) is 19.0 Å². The summed E-state index contributed by atoms with van der Waals surface area (Å²) in [5.74, 6) is -1.64. The Hall–Kier alpha value is -1.59. The molecule has 1 unspecified atom stereocenters. The molecule has 2 rings (SSSR count). The molecule has 2 saturated carbocycles. The van der Waals surface area contributed by atoms with Crippen LogP contribution in [0.5, 0.6) is 0 Å². The van der Waals surface area contributed by atoms with Gasteiger partial charge in [0.05, 0.1) is 11.8 Å². The van der Waals surface area contributed by atoms with Crippen LogP contribution in [0, 0.1) is 23.7 Å². The van der Waals surface area contributed by atoms with Crippen molar-refractivity contribution in [1.29, 1.82) is 0 Å². The number of rotatable bonds is 6. The molecular weight excluding hydrogens is 260 g/mol. The number of amides is 2. The number of nitrogens with one attached hydrogen (secondary N) is 2. The van der Waals surface area contributed by atoms with E-state index in [0.717, 1.165) is 12.8 Å². The molecule has 0 aromatic carbocycles. The van der Waals surface area contributed by atoms with Crippen molar-refractivity contribution in [2.75, 3.05) is 13.1 Å². The van der Waals surface area contributed by atoms with Crippen molar-refractivity contribution in [1.82, 2.24) is 10.6 Å². The van der Waals surface area contributed by atoms with Crippen LogP contribution in [0.2, 0.25) is 0 Å². The first-order valence-corrected chi connectivity index (χ1v) is 7.27. The predicted molar refractivity (Wildman–Crippen MR) is 71.8 cm³/mol. The molecule has 3 atom stereocenters. The van der Waals surface area contributed by atoms with E-state index in [9.17, 15) is 14.4 Å². The van der Waals surface area contributed by atoms with Gasteiger partial charge in [0.15, 0.2) is 0 Å². The number of carboxylic acid groups (broad SMARTS) is 1. The lowest BCUT2D eigenvalue weighted by molar-refractivity contribution is -0.146. The lowest BCUT2D eigenvalue weighted by atomic mass is 9.95. The molecule has 0 aromatic heterocycles. The molecule has 0 heterocycles. The largest absolute Gasteiger partial charge is 0.481 e. The zero-order valence-electron chi connectivity index (χ0n) is 11.7. The minimum Gasteiger partial charge on any atom is -0.481 e. The highest BCUT2D eigenvalue weighted by molar-refractivity contribution is 5.85. The van der Waals surface area contributed by atoms with Gasteiger partial charge in [-0.3, -0.25) is 14.4 Å². The van der Waals surface area contributed by atoms with Crippen molar-refractivity contribution in [2.24, 2.45) is 23.7 Å². The van der Waals surface area contributed by atoms with Crippen LogP contribution in [0.15, 0.2) is 0 Å². The Morgan fingerprint density at radius 2 is 1.55 bits per heavy atom. The van der Waals surface area contributed by atoms with Gasteiger partial charge in [0.1, 0.15) is 0 Å². The summed E-state index contributed by atoms with van der Waals surface area (Å²) in [5.41, 5.74) is 0. The maximum atomic E-state index is 12.0. The molecule has 6 heteroatoms. The SMILES string of the molecule is CC1C[C@H](C(=O)NCCNC(=O)C2CC2)[C@H](C(=O)O)C1. The second-order valence-corrected chi connectivity index (χ2v) is 5.98. The van der Waals surface area contributed by atoms with Gasteiger partial charge in [-0.05, 0) is 31.6 Å². The quantitative estimate of drug-likeness (QED) is 0.614. The van der Waals surface area contributed by atoms with E-state index in [4.69, 9.17) is 5.11 Å². The fourth-order valence-electron chi connectivity index (χ4n) is 2.85. The highest BCUT2D eigenvalue weighted by atomic mass is 16.4. The highest BCUT2D eigenvalue weighted by Crippen LogP contribution is 2.36. The second-order valence-electron chi connectivity index (χ2n) is 5.98. The van der Waals surface area contributed by atoms with Crippen molar-refractivity contribution in [3.05, 3.63) is 0 Å². The Labute approximate surface area is 118 Å². The van der Waals surface area contributed by atoms with E-state index in [1.165, 1.54) is 0 Å². The molecule has 2 fully saturated rings. The van der Waals surface area contributed by atoms with Gasteiger partial charge in [-0.1, -0.05) is 6.92 Å². The summed E-state index contributed by atoms with van der Waals surface area (Å²) in [6.45, 7) is 2.73. The lowest BCUT2D eigenvalue weighted by Crippen LogP contribution is -2.40. The summed E-state index contributed by atoms with van der Waals surface area (Å²) in [5, 5.41) is 14.6. The van der Waals surface area contributed by atoms with Crippen LogP contribution in [0.3, 0.4) is 0 Å². The van der Waals surface area contributed by atoms with E-state index in [1.807, 2.05) is 6.92 Å². The number of hydrogen-bond donors (Lipinski definition) is 3. The summed E-state index contributed by atoms with van der Waals surface area (Å²) < 4.78 is 0. The molecule has 0 saturated heterocycles. The van der Waals surface area contributed by atoms with Gasteiger partial charge in [-0.2, -0.15) is 0 Å². The molecular formula is C14H22N2O4. The summed E-state index contributed by atoms with van der Waals surface area (Å²) in [6, 6.07) is 0. The Morgan fingerprint density at radius 1 is 1.00 bits per heavy atom. The molecule has 2 aliphatic rings. The highest BCUT2D eigenvalue weighted by Gasteiger charge is 2.41. The van der Waals surface area contributed by atoms with Gasteiger partial charge < -0.3 is 15.7 Å². The van der Waals surface area contributed by atoms with Crippen LogP contribution in [0.1, 0.15) is 32.6 Å². The monoisotopic (exact) mass is 282 g/mol. The minimum absolute atomic E-state index is 0.0529. The van der Waals surface area contributed by atoms with E-state index < -0.39 is 17.8 Å². The van der Waals surface area contributed by atoms with Crippen molar-refractivity contribution in [3.63, 3.8) is 0 Å². The third-order valence-corrected chi connectivity index (χ3v) is 4.12. The summed E-state index contributed by atoms with van der Waals surface area (Å²) in [6.07, 6.45) is 3.10. The van der Waals surface area contributed by atoms with E-state index in [1.54, 1.807) is 0 Å². The maximum absolute atomic E-state index is 12.0. The first-order valence-electron chi connectivity index (χ1n) is 7.27. The Bertz CT molecular complexity index is 406.